The second kappa shape index (κ2) is 4.05. The van der Waals surface area contributed by atoms with E-state index < -0.39 is 0 Å². The van der Waals surface area contributed by atoms with Crippen LogP contribution in [-0.4, -0.2) is 5.78 Å². The summed E-state index contributed by atoms with van der Waals surface area (Å²) < 4.78 is 0. The average molecular weight is 178 g/mol. The minimum atomic E-state index is 0.107. The topological polar surface area (TPSA) is 69.1 Å². The highest BCUT2D eigenvalue weighted by molar-refractivity contribution is 5.96. The molecule has 0 radical (unpaired) electrons. The van der Waals surface area contributed by atoms with E-state index in [1.54, 1.807) is 18.2 Å². The maximum absolute atomic E-state index is 11.3. The highest BCUT2D eigenvalue weighted by Crippen LogP contribution is 2.14. The molecule has 3 heteroatoms. The molecule has 0 heterocycles. The third kappa shape index (κ3) is 2.06. The Hall–Kier alpha value is -1.35. The number of nitrogen functional groups attached to an aromatic ring is 1. The Morgan fingerprint density at radius 2 is 2.15 bits per heavy atom. The Morgan fingerprint density at radius 3 is 2.62 bits per heavy atom. The number of ketones is 1. The molecule has 0 bridgehead atoms. The molecule has 70 valence electrons. The molecule has 1 aromatic carbocycles. The molecule has 0 saturated heterocycles. The molecule has 0 aromatic heterocycles. The summed E-state index contributed by atoms with van der Waals surface area (Å²) in [6.07, 6.45) is 0.501. The minimum absolute atomic E-state index is 0.107. The maximum atomic E-state index is 11.3. The van der Waals surface area contributed by atoms with Crippen molar-refractivity contribution in [3.63, 3.8) is 0 Å². The van der Waals surface area contributed by atoms with Crippen LogP contribution in [0.3, 0.4) is 0 Å². The van der Waals surface area contributed by atoms with E-state index in [1.165, 1.54) is 0 Å². The number of carbonyl (C=O) groups excluding carboxylic acids is 1. The summed E-state index contributed by atoms with van der Waals surface area (Å²) >= 11 is 0. The van der Waals surface area contributed by atoms with Gasteiger partial charge in [-0.2, -0.15) is 0 Å². The van der Waals surface area contributed by atoms with E-state index in [4.69, 9.17) is 11.5 Å². The van der Waals surface area contributed by atoms with Gasteiger partial charge in [0.05, 0.1) is 0 Å². The van der Waals surface area contributed by atoms with Crippen molar-refractivity contribution in [1.82, 2.24) is 0 Å². The van der Waals surface area contributed by atoms with Crippen LogP contribution in [-0.2, 0) is 6.54 Å². The molecular weight excluding hydrogens is 164 g/mol. The van der Waals surface area contributed by atoms with Crippen LogP contribution >= 0.6 is 0 Å². The molecule has 0 saturated carbocycles. The lowest BCUT2D eigenvalue weighted by Crippen LogP contribution is -2.04. The highest BCUT2D eigenvalue weighted by Gasteiger charge is 2.04. The first-order valence-electron chi connectivity index (χ1n) is 4.30. The molecule has 3 nitrogen and oxygen atoms in total. The van der Waals surface area contributed by atoms with Gasteiger partial charge in [-0.25, -0.2) is 0 Å². The fraction of sp³-hybridized carbons (Fsp3) is 0.300. The second-order valence-electron chi connectivity index (χ2n) is 2.89. The lowest BCUT2D eigenvalue weighted by atomic mass is 10.0. The third-order valence-corrected chi connectivity index (χ3v) is 2.01. The zero-order chi connectivity index (χ0) is 9.84. The SMILES string of the molecule is CCC(=O)c1ccc(CN)c(N)c1. The Morgan fingerprint density at radius 1 is 1.46 bits per heavy atom. The fourth-order valence-electron chi connectivity index (χ4n) is 1.16. The zero-order valence-electron chi connectivity index (χ0n) is 7.71. The van der Waals surface area contributed by atoms with Crippen molar-refractivity contribution in [2.75, 3.05) is 5.73 Å². The standard InChI is InChI=1S/C10H14N2O/c1-2-10(13)7-3-4-8(6-11)9(12)5-7/h3-5H,2,6,11-12H2,1H3. The van der Waals surface area contributed by atoms with Gasteiger partial charge in [0.25, 0.3) is 0 Å². The quantitative estimate of drug-likeness (QED) is 0.541. The smallest absolute Gasteiger partial charge is 0.162 e. The molecule has 13 heavy (non-hydrogen) atoms. The van der Waals surface area contributed by atoms with Gasteiger partial charge in [-0.05, 0) is 11.6 Å². The van der Waals surface area contributed by atoms with Crippen molar-refractivity contribution in [3.05, 3.63) is 29.3 Å². The summed E-state index contributed by atoms with van der Waals surface area (Å²) in [5, 5.41) is 0. The molecule has 1 aromatic rings. The van der Waals surface area contributed by atoms with Crippen LogP contribution in [0.4, 0.5) is 5.69 Å². The largest absolute Gasteiger partial charge is 0.398 e. The maximum Gasteiger partial charge on any atom is 0.162 e. The summed E-state index contributed by atoms with van der Waals surface area (Å²) in [6.45, 7) is 2.24. The molecule has 4 N–H and O–H groups in total. The van der Waals surface area contributed by atoms with Crippen LogP contribution in [0.5, 0.6) is 0 Å². The molecule has 0 fully saturated rings. The Kier molecular flexibility index (Phi) is 3.03. The van der Waals surface area contributed by atoms with Crippen molar-refractivity contribution < 1.29 is 4.79 Å². The van der Waals surface area contributed by atoms with Gasteiger partial charge < -0.3 is 11.5 Å². The van der Waals surface area contributed by atoms with E-state index in [9.17, 15) is 4.79 Å². The van der Waals surface area contributed by atoms with Crippen molar-refractivity contribution >= 4 is 11.5 Å². The molecule has 0 atom stereocenters. The van der Waals surface area contributed by atoms with Crippen molar-refractivity contribution in [1.29, 1.82) is 0 Å². The van der Waals surface area contributed by atoms with E-state index in [-0.39, 0.29) is 5.78 Å². The molecule has 0 aliphatic rings. The van der Waals surface area contributed by atoms with Crippen LogP contribution in [0, 0.1) is 0 Å². The normalized spacial score (nSPS) is 10.0. The van der Waals surface area contributed by atoms with Crippen LogP contribution in [0.25, 0.3) is 0 Å². The molecule has 1 rings (SSSR count). The van der Waals surface area contributed by atoms with Crippen LogP contribution in [0.2, 0.25) is 0 Å². The molecule has 0 aliphatic carbocycles. The zero-order valence-corrected chi connectivity index (χ0v) is 7.71. The summed E-state index contributed by atoms with van der Waals surface area (Å²) in [4.78, 5) is 11.3. The van der Waals surface area contributed by atoms with E-state index >= 15 is 0 Å². The Balaban J connectivity index is 3.02. The highest BCUT2D eigenvalue weighted by atomic mass is 16.1. The average Bonchev–Trinajstić information content (AvgIpc) is 2.16. The second-order valence-corrected chi connectivity index (χ2v) is 2.89. The molecule has 0 unspecified atom stereocenters. The van der Waals surface area contributed by atoms with E-state index in [1.807, 2.05) is 6.92 Å². The first-order chi connectivity index (χ1) is 6.19. The predicted octanol–water partition coefficient (Wildman–Crippen LogP) is 1.32. The summed E-state index contributed by atoms with van der Waals surface area (Å²) in [5.41, 5.74) is 13.3. The third-order valence-electron chi connectivity index (χ3n) is 2.01. The lowest BCUT2D eigenvalue weighted by molar-refractivity contribution is 0.0988. The van der Waals surface area contributed by atoms with Gasteiger partial charge in [-0.15, -0.1) is 0 Å². The van der Waals surface area contributed by atoms with Gasteiger partial charge in [0.2, 0.25) is 0 Å². The van der Waals surface area contributed by atoms with Crippen molar-refractivity contribution in [3.8, 4) is 0 Å². The first-order valence-corrected chi connectivity index (χ1v) is 4.30. The van der Waals surface area contributed by atoms with Crippen molar-refractivity contribution in [2.24, 2.45) is 5.73 Å². The number of hydrogen-bond donors (Lipinski definition) is 2. The summed E-state index contributed by atoms with van der Waals surface area (Å²) in [5.74, 6) is 0.107. The minimum Gasteiger partial charge on any atom is -0.398 e. The number of Topliss-reactive ketones (excluding diaryl/α,β-unsaturated/α-hetero) is 1. The lowest BCUT2D eigenvalue weighted by Gasteiger charge is -2.04. The van der Waals surface area contributed by atoms with Crippen LogP contribution in [0.15, 0.2) is 18.2 Å². The Bertz CT molecular complexity index is 321. The van der Waals surface area contributed by atoms with Gasteiger partial charge >= 0.3 is 0 Å². The number of benzene rings is 1. The monoisotopic (exact) mass is 178 g/mol. The van der Waals surface area contributed by atoms with Crippen LogP contribution in [0.1, 0.15) is 29.3 Å². The number of nitrogens with two attached hydrogens (primary N) is 2. The van der Waals surface area contributed by atoms with Gasteiger partial charge in [0, 0.05) is 24.2 Å². The molecule has 0 spiro atoms. The van der Waals surface area contributed by atoms with Gasteiger partial charge in [-0.1, -0.05) is 19.1 Å². The number of carbonyl (C=O) groups is 1. The number of hydrogen-bond acceptors (Lipinski definition) is 3. The predicted molar refractivity (Wildman–Crippen MR) is 53.4 cm³/mol. The van der Waals surface area contributed by atoms with E-state index in [0.29, 0.717) is 24.2 Å². The van der Waals surface area contributed by atoms with Crippen LogP contribution < -0.4 is 11.5 Å². The van der Waals surface area contributed by atoms with E-state index in [0.717, 1.165) is 5.56 Å². The van der Waals surface area contributed by atoms with Gasteiger partial charge in [0.1, 0.15) is 0 Å². The number of anilines is 1. The molecule has 0 amide bonds. The molecule has 0 aliphatic heterocycles. The molecular formula is C10H14N2O. The van der Waals surface area contributed by atoms with Gasteiger partial charge in [-0.3, -0.25) is 4.79 Å². The summed E-state index contributed by atoms with van der Waals surface area (Å²) in [6, 6.07) is 5.26. The van der Waals surface area contributed by atoms with E-state index in [2.05, 4.69) is 0 Å². The Labute approximate surface area is 77.7 Å². The fourth-order valence-corrected chi connectivity index (χ4v) is 1.16. The first kappa shape index (κ1) is 9.74. The number of rotatable bonds is 3. The van der Waals surface area contributed by atoms with Gasteiger partial charge in [0.15, 0.2) is 5.78 Å². The summed E-state index contributed by atoms with van der Waals surface area (Å²) in [7, 11) is 0. The van der Waals surface area contributed by atoms with Crippen molar-refractivity contribution in [2.45, 2.75) is 19.9 Å².